The van der Waals surface area contributed by atoms with E-state index in [2.05, 4.69) is 5.32 Å². The summed E-state index contributed by atoms with van der Waals surface area (Å²) in [5, 5.41) is 2.89. The Morgan fingerprint density at radius 2 is 2.00 bits per heavy atom. The molecule has 1 amide bonds. The minimum Gasteiger partial charge on any atom is -0.349 e. The van der Waals surface area contributed by atoms with Crippen LogP contribution in [-0.4, -0.2) is 11.9 Å². The number of carbonyl (C=O) groups is 1. The summed E-state index contributed by atoms with van der Waals surface area (Å²) in [6.45, 7) is 0. The topological polar surface area (TPSA) is 29.1 Å². The first-order chi connectivity index (χ1) is 8.59. The first kappa shape index (κ1) is 14.1. The van der Waals surface area contributed by atoms with Crippen molar-refractivity contribution in [3.05, 3.63) is 32.1 Å². The molecule has 1 saturated carbocycles. The van der Waals surface area contributed by atoms with Crippen LogP contribution in [0.1, 0.15) is 42.5 Å². The molecule has 2 nitrogen and oxygen atoms in total. The third-order valence-corrected chi connectivity index (χ3v) is 4.40. The van der Waals surface area contributed by atoms with Crippen LogP contribution in [0, 0.1) is 9.39 Å². The molecule has 0 heterocycles. The van der Waals surface area contributed by atoms with Crippen LogP contribution in [0.5, 0.6) is 0 Å². The lowest BCUT2D eigenvalue weighted by atomic mass is 9.95. The highest BCUT2D eigenvalue weighted by Gasteiger charge is 2.22. The van der Waals surface area contributed by atoms with Gasteiger partial charge in [0, 0.05) is 9.61 Å². The molecule has 1 fully saturated rings. The quantitative estimate of drug-likeness (QED) is 0.605. The molecular weight excluding hydrogens is 368 g/mol. The van der Waals surface area contributed by atoms with E-state index in [1.54, 1.807) is 6.07 Å². The summed E-state index contributed by atoms with van der Waals surface area (Å²) in [6, 6.07) is 3.29. The van der Waals surface area contributed by atoms with E-state index in [4.69, 9.17) is 11.6 Å². The number of rotatable bonds is 2. The van der Waals surface area contributed by atoms with Crippen molar-refractivity contribution in [1.82, 2.24) is 5.32 Å². The van der Waals surface area contributed by atoms with Crippen LogP contribution in [-0.2, 0) is 0 Å². The summed E-state index contributed by atoms with van der Waals surface area (Å²) in [5.74, 6) is -0.983. The fourth-order valence-corrected chi connectivity index (χ4v) is 3.06. The largest absolute Gasteiger partial charge is 0.349 e. The SMILES string of the molecule is O=C(NC1CCCCC1)c1c(I)ccc(Cl)c1F. The van der Waals surface area contributed by atoms with Gasteiger partial charge in [-0.05, 0) is 47.6 Å². The molecule has 1 aliphatic carbocycles. The summed E-state index contributed by atoms with van der Waals surface area (Å²) < 4.78 is 14.5. The maximum Gasteiger partial charge on any atom is 0.255 e. The molecule has 0 unspecified atom stereocenters. The lowest BCUT2D eigenvalue weighted by Gasteiger charge is -2.23. The van der Waals surface area contributed by atoms with Crippen molar-refractivity contribution in [3.8, 4) is 0 Å². The van der Waals surface area contributed by atoms with Crippen LogP contribution in [0.4, 0.5) is 4.39 Å². The Bertz CT molecular complexity index is 461. The predicted octanol–water partition coefficient (Wildman–Crippen LogP) is 4.15. The lowest BCUT2D eigenvalue weighted by molar-refractivity contribution is 0.0922. The molecule has 1 aliphatic rings. The van der Waals surface area contributed by atoms with Gasteiger partial charge in [-0.2, -0.15) is 0 Å². The zero-order valence-electron chi connectivity index (χ0n) is 9.81. The highest BCUT2D eigenvalue weighted by atomic mass is 127. The number of hydrogen-bond donors (Lipinski definition) is 1. The second-order valence-electron chi connectivity index (χ2n) is 4.53. The number of amides is 1. The second kappa shape index (κ2) is 6.19. The van der Waals surface area contributed by atoms with Gasteiger partial charge in [-0.1, -0.05) is 30.9 Å². The van der Waals surface area contributed by atoms with Crippen LogP contribution in [0.3, 0.4) is 0 Å². The predicted molar refractivity (Wildman–Crippen MR) is 78.5 cm³/mol. The highest BCUT2D eigenvalue weighted by molar-refractivity contribution is 14.1. The van der Waals surface area contributed by atoms with Gasteiger partial charge in [0.15, 0.2) is 5.82 Å². The van der Waals surface area contributed by atoms with Crippen LogP contribution in [0.2, 0.25) is 5.02 Å². The Hall–Kier alpha value is -0.360. The average molecular weight is 382 g/mol. The molecular formula is C13H14ClFINO. The van der Waals surface area contributed by atoms with Gasteiger partial charge in [-0.15, -0.1) is 0 Å². The molecule has 18 heavy (non-hydrogen) atoms. The van der Waals surface area contributed by atoms with E-state index in [0.717, 1.165) is 25.7 Å². The monoisotopic (exact) mass is 381 g/mol. The number of halogens is 3. The Morgan fingerprint density at radius 3 is 2.67 bits per heavy atom. The molecule has 1 N–H and O–H groups in total. The second-order valence-corrected chi connectivity index (χ2v) is 6.10. The molecule has 1 aromatic carbocycles. The van der Waals surface area contributed by atoms with Crippen molar-refractivity contribution in [2.45, 2.75) is 38.1 Å². The van der Waals surface area contributed by atoms with Crippen molar-refractivity contribution in [2.75, 3.05) is 0 Å². The molecule has 0 atom stereocenters. The zero-order chi connectivity index (χ0) is 13.1. The number of hydrogen-bond acceptors (Lipinski definition) is 1. The molecule has 0 spiro atoms. The number of carbonyl (C=O) groups excluding carboxylic acids is 1. The van der Waals surface area contributed by atoms with E-state index in [1.807, 2.05) is 22.6 Å². The molecule has 0 aliphatic heterocycles. The third-order valence-electron chi connectivity index (χ3n) is 3.21. The maximum absolute atomic E-state index is 13.9. The number of benzene rings is 1. The van der Waals surface area contributed by atoms with Crippen molar-refractivity contribution < 1.29 is 9.18 Å². The number of nitrogens with one attached hydrogen (secondary N) is 1. The Morgan fingerprint density at radius 1 is 1.33 bits per heavy atom. The van der Waals surface area contributed by atoms with E-state index in [0.29, 0.717) is 3.57 Å². The van der Waals surface area contributed by atoms with Crippen molar-refractivity contribution in [2.24, 2.45) is 0 Å². The van der Waals surface area contributed by atoms with Crippen molar-refractivity contribution in [3.63, 3.8) is 0 Å². The first-order valence-corrected chi connectivity index (χ1v) is 7.49. The highest BCUT2D eigenvalue weighted by Crippen LogP contribution is 2.24. The standard InChI is InChI=1S/C13H14ClFINO/c14-9-6-7-10(16)11(12(9)15)13(18)17-8-4-2-1-3-5-8/h6-8H,1-5H2,(H,17,18). The van der Waals surface area contributed by atoms with Gasteiger partial charge in [-0.25, -0.2) is 4.39 Å². The molecule has 0 aromatic heterocycles. The van der Waals surface area contributed by atoms with Gasteiger partial charge in [0.25, 0.3) is 5.91 Å². The van der Waals surface area contributed by atoms with E-state index < -0.39 is 5.82 Å². The van der Waals surface area contributed by atoms with E-state index in [9.17, 15) is 9.18 Å². The molecule has 1 aromatic rings. The molecule has 2 rings (SSSR count). The van der Waals surface area contributed by atoms with Crippen molar-refractivity contribution >= 4 is 40.1 Å². The van der Waals surface area contributed by atoms with Gasteiger partial charge in [0.1, 0.15) is 0 Å². The molecule has 0 radical (unpaired) electrons. The van der Waals surface area contributed by atoms with Gasteiger partial charge in [0.2, 0.25) is 0 Å². The van der Waals surface area contributed by atoms with Gasteiger partial charge >= 0.3 is 0 Å². The lowest BCUT2D eigenvalue weighted by Crippen LogP contribution is -2.37. The normalized spacial score (nSPS) is 16.6. The summed E-state index contributed by atoms with van der Waals surface area (Å²) in [6.07, 6.45) is 5.42. The van der Waals surface area contributed by atoms with E-state index in [-0.39, 0.29) is 22.5 Å². The molecule has 5 heteroatoms. The summed E-state index contributed by atoms with van der Waals surface area (Å²) >= 11 is 7.67. The van der Waals surface area contributed by atoms with Gasteiger partial charge < -0.3 is 5.32 Å². The zero-order valence-corrected chi connectivity index (χ0v) is 12.7. The van der Waals surface area contributed by atoms with E-state index >= 15 is 0 Å². The third kappa shape index (κ3) is 3.15. The maximum atomic E-state index is 13.9. The minimum atomic E-state index is -0.628. The van der Waals surface area contributed by atoms with Crippen molar-refractivity contribution in [1.29, 1.82) is 0 Å². The summed E-state index contributed by atoms with van der Waals surface area (Å²) in [5.41, 5.74) is 0.0636. The Labute approximate surface area is 124 Å². The Kier molecular flexibility index (Phi) is 4.84. The fourth-order valence-electron chi connectivity index (χ4n) is 2.24. The van der Waals surface area contributed by atoms with Gasteiger partial charge in [0.05, 0.1) is 10.6 Å². The van der Waals surface area contributed by atoms with E-state index in [1.165, 1.54) is 12.5 Å². The minimum absolute atomic E-state index is 0.00999. The molecule has 0 saturated heterocycles. The average Bonchev–Trinajstić information content (AvgIpc) is 2.36. The van der Waals surface area contributed by atoms with Crippen LogP contribution >= 0.6 is 34.2 Å². The summed E-state index contributed by atoms with van der Waals surface area (Å²) in [4.78, 5) is 12.1. The van der Waals surface area contributed by atoms with Crippen LogP contribution in [0.15, 0.2) is 12.1 Å². The smallest absolute Gasteiger partial charge is 0.255 e. The fraction of sp³-hybridized carbons (Fsp3) is 0.462. The summed E-state index contributed by atoms with van der Waals surface area (Å²) in [7, 11) is 0. The Balaban J connectivity index is 2.15. The first-order valence-electron chi connectivity index (χ1n) is 6.04. The van der Waals surface area contributed by atoms with Gasteiger partial charge in [-0.3, -0.25) is 4.79 Å². The molecule has 0 bridgehead atoms. The molecule has 98 valence electrons. The van der Waals surface area contributed by atoms with Crippen LogP contribution in [0.25, 0.3) is 0 Å². The van der Waals surface area contributed by atoms with Crippen LogP contribution < -0.4 is 5.32 Å².